The number of hydrogen-bond acceptors (Lipinski definition) is 1. The van der Waals surface area contributed by atoms with Crippen LogP contribution in [0, 0.1) is 0 Å². The van der Waals surface area contributed by atoms with Crippen molar-refractivity contribution in [1.82, 2.24) is 0 Å². The van der Waals surface area contributed by atoms with E-state index >= 15 is 0 Å². The third-order valence-electron chi connectivity index (χ3n) is 0. The maximum absolute atomic E-state index is 5.11. The number of rotatable bonds is 0. The molecule has 0 aromatic rings. The van der Waals surface area contributed by atoms with Crippen LogP contribution in [0.15, 0.2) is 0 Å². The second-order valence-corrected chi connectivity index (χ2v) is 1.24. The molecule has 5 heteroatoms. The molecule has 0 aliphatic carbocycles. The summed E-state index contributed by atoms with van der Waals surface area (Å²) in [6.45, 7) is 3.89. The van der Waals surface area contributed by atoms with E-state index in [1.54, 1.807) is 0 Å². The lowest BCUT2D eigenvalue weighted by atomic mass is 10.5. The molecule has 0 heterocycles. The smallest absolute Gasteiger partial charge is 0.0814 e. The van der Waals surface area contributed by atoms with Gasteiger partial charge in [0.25, 0.3) is 0 Å². The summed E-state index contributed by atoms with van der Waals surface area (Å²) < 4.78 is 0. The highest BCUT2D eigenvalue weighted by Gasteiger charge is 1.67. The molecular weight excluding hydrogens is 167 g/mol. The van der Waals surface area contributed by atoms with E-state index in [1.165, 1.54) is 0 Å². The quantitative estimate of drug-likeness (QED) is 0.540. The first-order valence-corrected chi connectivity index (χ1v) is 1.49. The zero-order chi connectivity index (χ0) is 3.58. The molecular formula is C3H15BCl3N. The van der Waals surface area contributed by atoms with E-state index < -0.39 is 0 Å². The summed E-state index contributed by atoms with van der Waals surface area (Å²) in [5.41, 5.74) is 5.11. The van der Waals surface area contributed by atoms with Gasteiger partial charge in [-0.05, 0) is 6.04 Å². The summed E-state index contributed by atoms with van der Waals surface area (Å²) in [4.78, 5) is 0. The Morgan fingerprint density at radius 3 is 1.00 bits per heavy atom. The van der Waals surface area contributed by atoms with E-state index in [2.05, 4.69) is 0 Å². The van der Waals surface area contributed by atoms with Gasteiger partial charge >= 0.3 is 0 Å². The normalized spacial score (nSPS) is 4.50. The highest BCUT2D eigenvalue weighted by Crippen LogP contribution is 1.58. The molecule has 0 spiro atoms. The lowest BCUT2D eigenvalue weighted by Gasteiger charge is -1.81. The minimum Gasteiger partial charge on any atom is -0.328 e. The fourth-order valence-corrected chi connectivity index (χ4v) is 0. The van der Waals surface area contributed by atoms with Gasteiger partial charge in [-0.25, -0.2) is 0 Å². The van der Waals surface area contributed by atoms with Gasteiger partial charge in [0.15, 0.2) is 0 Å². The third kappa shape index (κ3) is 299. The second kappa shape index (κ2) is 24.7. The van der Waals surface area contributed by atoms with Crippen LogP contribution in [-0.2, 0) is 0 Å². The van der Waals surface area contributed by atoms with Crippen molar-refractivity contribution >= 4 is 45.6 Å². The van der Waals surface area contributed by atoms with Crippen LogP contribution in [0.25, 0.3) is 0 Å². The average molecular weight is 182 g/mol. The molecule has 0 saturated heterocycles. The number of nitrogens with two attached hydrogens (primary N) is 1. The van der Waals surface area contributed by atoms with E-state index in [1.807, 2.05) is 13.8 Å². The molecule has 8 heavy (non-hydrogen) atoms. The Bertz CT molecular complexity index is 19.2. The van der Waals surface area contributed by atoms with Crippen molar-refractivity contribution in [3.05, 3.63) is 0 Å². The van der Waals surface area contributed by atoms with E-state index in [0.717, 1.165) is 0 Å². The van der Waals surface area contributed by atoms with Gasteiger partial charge in [0, 0.05) is 0 Å². The Morgan fingerprint density at radius 2 is 1.00 bits per heavy atom. The van der Waals surface area contributed by atoms with Crippen LogP contribution in [-0.4, -0.2) is 14.5 Å². The predicted molar refractivity (Wildman–Crippen MR) is 51.0 cm³/mol. The highest BCUT2D eigenvalue weighted by molar-refractivity contribution is 5.86. The van der Waals surface area contributed by atoms with Gasteiger partial charge in [-0.1, -0.05) is 13.8 Å². The van der Waals surface area contributed by atoms with E-state index in [4.69, 9.17) is 5.73 Å². The van der Waals surface area contributed by atoms with Crippen LogP contribution in [0.3, 0.4) is 0 Å². The lowest BCUT2D eigenvalue weighted by molar-refractivity contribution is 0.834. The molecule has 0 unspecified atom stereocenters. The van der Waals surface area contributed by atoms with Crippen LogP contribution < -0.4 is 5.73 Å². The standard InChI is InChI=1S/C3H9N.BH3.3ClH/c1-3(2)4;;;;/h3H,4H2,1-2H3;1H3;3*1H. The van der Waals surface area contributed by atoms with Crippen molar-refractivity contribution in [3.8, 4) is 0 Å². The molecule has 2 N–H and O–H groups in total. The van der Waals surface area contributed by atoms with Gasteiger partial charge in [0.2, 0.25) is 0 Å². The van der Waals surface area contributed by atoms with Crippen molar-refractivity contribution < 1.29 is 0 Å². The number of hydrogen-bond donors (Lipinski definition) is 1. The fraction of sp³-hybridized carbons (Fsp3) is 1.00. The van der Waals surface area contributed by atoms with Crippen LogP contribution in [0.5, 0.6) is 0 Å². The van der Waals surface area contributed by atoms with E-state index in [-0.39, 0.29) is 45.6 Å². The molecule has 0 aromatic heterocycles. The summed E-state index contributed by atoms with van der Waals surface area (Å²) in [7, 11) is 0. The Balaban J connectivity index is -0.00000000750. The van der Waals surface area contributed by atoms with Crippen molar-refractivity contribution in [2.75, 3.05) is 0 Å². The molecule has 56 valence electrons. The van der Waals surface area contributed by atoms with Crippen molar-refractivity contribution in [3.63, 3.8) is 0 Å². The fourth-order valence-electron chi connectivity index (χ4n) is 0. The molecule has 0 aromatic carbocycles. The van der Waals surface area contributed by atoms with Gasteiger partial charge in [-0.15, -0.1) is 37.2 Å². The molecule has 0 radical (unpaired) electrons. The highest BCUT2D eigenvalue weighted by atomic mass is 35.5. The minimum absolute atomic E-state index is 0. The molecule has 0 atom stereocenters. The topological polar surface area (TPSA) is 26.0 Å². The van der Waals surface area contributed by atoms with Gasteiger partial charge < -0.3 is 5.73 Å². The molecule has 0 aliphatic rings. The average Bonchev–Trinajstić information content (AvgIpc) is 0.811. The summed E-state index contributed by atoms with van der Waals surface area (Å²) in [5, 5.41) is 0. The SMILES string of the molecule is B.CC(C)N.Cl.Cl.Cl. The van der Waals surface area contributed by atoms with Crippen molar-refractivity contribution in [1.29, 1.82) is 0 Å². The molecule has 0 amide bonds. The minimum atomic E-state index is 0. The summed E-state index contributed by atoms with van der Waals surface area (Å²) in [6.07, 6.45) is 0. The van der Waals surface area contributed by atoms with E-state index in [0.29, 0.717) is 6.04 Å². The summed E-state index contributed by atoms with van der Waals surface area (Å²) in [5.74, 6) is 0. The van der Waals surface area contributed by atoms with Crippen LogP contribution in [0.4, 0.5) is 0 Å². The Kier molecular flexibility index (Phi) is 113. The number of halogens is 3. The van der Waals surface area contributed by atoms with E-state index in [9.17, 15) is 0 Å². The van der Waals surface area contributed by atoms with Crippen molar-refractivity contribution in [2.45, 2.75) is 19.9 Å². The summed E-state index contributed by atoms with van der Waals surface area (Å²) >= 11 is 0. The molecule has 0 saturated carbocycles. The molecule has 0 aliphatic heterocycles. The van der Waals surface area contributed by atoms with Crippen LogP contribution in [0.2, 0.25) is 0 Å². The zero-order valence-electron chi connectivity index (χ0n) is 4.38. The Hall–Kier alpha value is 0.895. The first-order chi connectivity index (χ1) is 1.73. The molecule has 0 rings (SSSR count). The first-order valence-electron chi connectivity index (χ1n) is 1.49. The maximum atomic E-state index is 5.11. The van der Waals surface area contributed by atoms with Crippen LogP contribution >= 0.6 is 37.2 Å². The molecule has 0 bridgehead atoms. The molecule has 1 nitrogen and oxygen atoms in total. The van der Waals surface area contributed by atoms with Gasteiger partial charge in [0.05, 0.1) is 8.41 Å². The van der Waals surface area contributed by atoms with Crippen LogP contribution in [0.1, 0.15) is 13.8 Å². The third-order valence-corrected chi connectivity index (χ3v) is 0. The van der Waals surface area contributed by atoms with Gasteiger partial charge in [-0.2, -0.15) is 0 Å². The second-order valence-electron chi connectivity index (χ2n) is 1.24. The Morgan fingerprint density at radius 1 is 1.00 bits per heavy atom. The van der Waals surface area contributed by atoms with Gasteiger partial charge in [0.1, 0.15) is 0 Å². The van der Waals surface area contributed by atoms with Gasteiger partial charge in [-0.3, -0.25) is 0 Å². The summed E-state index contributed by atoms with van der Waals surface area (Å²) in [6, 6.07) is 0.333. The maximum Gasteiger partial charge on any atom is 0.0814 e. The monoisotopic (exact) mass is 181 g/mol. The van der Waals surface area contributed by atoms with Crippen molar-refractivity contribution in [2.24, 2.45) is 5.73 Å². The predicted octanol–water partition coefficient (Wildman–Crippen LogP) is 0.435. The largest absolute Gasteiger partial charge is 0.328 e. The zero-order valence-corrected chi connectivity index (χ0v) is 6.83. The lowest BCUT2D eigenvalue weighted by Crippen LogP contribution is -2.06. The molecule has 0 fully saturated rings. The first kappa shape index (κ1) is 36.5. The Labute approximate surface area is 71.6 Å².